The second kappa shape index (κ2) is 8.84. The zero-order valence-electron chi connectivity index (χ0n) is 14.9. The average Bonchev–Trinajstić information content (AvgIpc) is 2.57. The molecule has 1 saturated heterocycles. The van der Waals surface area contributed by atoms with E-state index in [0.29, 0.717) is 19.8 Å². The van der Waals surface area contributed by atoms with Gasteiger partial charge in [-0.2, -0.15) is 0 Å². The standard InChI is InChI=1S/C19H24FNO4/c1-4-7-19(2,3)25-17-14-15(5-6-16(17)20)18(22)24-13-10-21-8-11-23-12-9-21/h5-6,14H,8-13H2,1-3H3. The van der Waals surface area contributed by atoms with Crippen LogP contribution >= 0.6 is 0 Å². The van der Waals surface area contributed by atoms with Gasteiger partial charge in [0.15, 0.2) is 17.2 Å². The first-order valence-electron chi connectivity index (χ1n) is 8.31. The number of ether oxygens (including phenoxy) is 3. The van der Waals surface area contributed by atoms with Crippen molar-refractivity contribution in [3.8, 4) is 17.6 Å². The molecule has 2 rings (SSSR count). The molecule has 0 bridgehead atoms. The summed E-state index contributed by atoms with van der Waals surface area (Å²) >= 11 is 0. The molecule has 0 N–H and O–H groups in total. The normalized spacial score (nSPS) is 15.2. The number of carbonyl (C=O) groups is 1. The maximum Gasteiger partial charge on any atom is 0.338 e. The quantitative estimate of drug-likeness (QED) is 0.583. The molecule has 0 amide bonds. The third-order valence-electron chi connectivity index (χ3n) is 3.70. The Kier molecular flexibility index (Phi) is 6.80. The van der Waals surface area contributed by atoms with E-state index in [-0.39, 0.29) is 17.9 Å². The van der Waals surface area contributed by atoms with Crippen molar-refractivity contribution in [1.82, 2.24) is 4.90 Å². The van der Waals surface area contributed by atoms with Gasteiger partial charge in [0.2, 0.25) is 0 Å². The highest BCUT2D eigenvalue weighted by Crippen LogP contribution is 2.24. The summed E-state index contributed by atoms with van der Waals surface area (Å²) in [5.74, 6) is 4.52. The van der Waals surface area contributed by atoms with Gasteiger partial charge in [-0.15, -0.1) is 5.92 Å². The minimum atomic E-state index is -0.853. The Morgan fingerprint density at radius 2 is 2.08 bits per heavy atom. The summed E-state index contributed by atoms with van der Waals surface area (Å²) in [4.78, 5) is 14.3. The first kappa shape index (κ1) is 19.2. The highest BCUT2D eigenvalue weighted by atomic mass is 19.1. The van der Waals surface area contributed by atoms with Crippen molar-refractivity contribution in [2.24, 2.45) is 0 Å². The molecule has 136 valence electrons. The van der Waals surface area contributed by atoms with Gasteiger partial charge in [-0.1, -0.05) is 5.92 Å². The minimum Gasteiger partial charge on any atom is -0.472 e. The summed E-state index contributed by atoms with van der Waals surface area (Å²) in [5, 5.41) is 0. The fourth-order valence-electron chi connectivity index (χ4n) is 2.49. The summed E-state index contributed by atoms with van der Waals surface area (Å²) in [6, 6.07) is 3.94. The van der Waals surface area contributed by atoms with Crippen LogP contribution in [0.5, 0.6) is 5.75 Å². The van der Waals surface area contributed by atoms with E-state index in [2.05, 4.69) is 16.7 Å². The van der Waals surface area contributed by atoms with E-state index in [9.17, 15) is 9.18 Å². The molecule has 0 spiro atoms. The zero-order chi connectivity index (χ0) is 18.3. The predicted octanol–water partition coefficient (Wildman–Crippen LogP) is 2.50. The number of carbonyl (C=O) groups excluding carboxylic acids is 1. The number of morpholine rings is 1. The first-order chi connectivity index (χ1) is 11.9. The highest BCUT2D eigenvalue weighted by Gasteiger charge is 2.20. The Morgan fingerprint density at radius 1 is 1.36 bits per heavy atom. The van der Waals surface area contributed by atoms with Gasteiger partial charge in [0, 0.05) is 19.6 Å². The molecule has 1 aliphatic rings. The van der Waals surface area contributed by atoms with E-state index in [1.807, 2.05) is 0 Å². The second-order valence-corrected chi connectivity index (χ2v) is 6.22. The van der Waals surface area contributed by atoms with Crippen LogP contribution in [0, 0.1) is 17.7 Å². The molecule has 1 heterocycles. The summed E-state index contributed by atoms with van der Waals surface area (Å²) in [5.41, 5.74) is -0.604. The third-order valence-corrected chi connectivity index (χ3v) is 3.70. The lowest BCUT2D eigenvalue weighted by Gasteiger charge is -2.26. The Balaban J connectivity index is 1.95. The van der Waals surface area contributed by atoms with Crippen LogP contribution in [0.1, 0.15) is 31.1 Å². The Morgan fingerprint density at radius 3 is 2.76 bits per heavy atom. The number of nitrogens with zero attached hydrogens (tertiary/aromatic N) is 1. The Hall–Kier alpha value is -2.10. The van der Waals surface area contributed by atoms with E-state index in [0.717, 1.165) is 13.1 Å². The van der Waals surface area contributed by atoms with Gasteiger partial charge in [0.25, 0.3) is 0 Å². The highest BCUT2D eigenvalue weighted by molar-refractivity contribution is 5.89. The van der Waals surface area contributed by atoms with Crippen molar-refractivity contribution in [2.75, 3.05) is 39.5 Å². The van der Waals surface area contributed by atoms with Crippen LogP contribution in [-0.4, -0.2) is 55.9 Å². The molecule has 5 nitrogen and oxygen atoms in total. The van der Waals surface area contributed by atoms with Crippen LogP contribution in [0.4, 0.5) is 4.39 Å². The van der Waals surface area contributed by atoms with Gasteiger partial charge in [0.05, 0.1) is 18.8 Å². The van der Waals surface area contributed by atoms with Crippen molar-refractivity contribution in [2.45, 2.75) is 26.4 Å². The monoisotopic (exact) mass is 349 g/mol. The number of hydrogen-bond donors (Lipinski definition) is 0. The maximum atomic E-state index is 14.0. The lowest BCUT2D eigenvalue weighted by atomic mass is 10.1. The molecule has 25 heavy (non-hydrogen) atoms. The molecule has 0 saturated carbocycles. The van der Waals surface area contributed by atoms with Gasteiger partial charge in [-0.05, 0) is 39.0 Å². The Labute approximate surface area is 148 Å². The van der Waals surface area contributed by atoms with Crippen LogP contribution in [0.3, 0.4) is 0 Å². The van der Waals surface area contributed by atoms with Gasteiger partial charge in [-0.3, -0.25) is 4.90 Å². The predicted molar refractivity (Wildman–Crippen MR) is 92.1 cm³/mol. The van der Waals surface area contributed by atoms with E-state index in [4.69, 9.17) is 14.2 Å². The molecular formula is C19H24FNO4. The lowest BCUT2D eigenvalue weighted by Crippen LogP contribution is -2.38. The number of hydrogen-bond acceptors (Lipinski definition) is 5. The van der Waals surface area contributed by atoms with Crippen LogP contribution in [0.25, 0.3) is 0 Å². The largest absolute Gasteiger partial charge is 0.472 e. The molecule has 1 aromatic carbocycles. The lowest BCUT2D eigenvalue weighted by molar-refractivity contribution is 0.0195. The topological polar surface area (TPSA) is 48.0 Å². The van der Waals surface area contributed by atoms with E-state index in [1.54, 1.807) is 20.8 Å². The number of esters is 1. The molecule has 6 heteroatoms. The van der Waals surface area contributed by atoms with Crippen molar-refractivity contribution in [3.05, 3.63) is 29.6 Å². The van der Waals surface area contributed by atoms with Crippen molar-refractivity contribution >= 4 is 5.97 Å². The second-order valence-electron chi connectivity index (χ2n) is 6.22. The summed E-state index contributed by atoms with van der Waals surface area (Å²) in [6.45, 7) is 9.14. The van der Waals surface area contributed by atoms with Crippen molar-refractivity contribution in [1.29, 1.82) is 0 Å². The maximum absolute atomic E-state index is 14.0. The Bertz CT molecular complexity index is 657. The van der Waals surface area contributed by atoms with Gasteiger partial charge in [0.1, 0.15) is 6.61 Å². The average molecular weight is 349 g/mol. The molecule has 0 radical (unpaired) electrons. The van der Waals surface area contributed by atoms with E-state index >= 15 is 0 Å². The number of benzene rings is 1. The third kappa shape index (κ3) is 6.04. The van der Waals surface area contributed by atoms with Crippen LogP contribution in [0.15, 0.2) is 18.2 Å². The molecule has 1 aromatic rings. The first-order valence-corrected chi connectivity index (χ1v) is 8.31. The van der Waals surface area contributed by atoms with Crippen LogP contribution in [-0.2, 0) is 9.47 Å². The van der Waals surface area contributed by atoms with Crippen LogP contribution < -0.4 is 4.74 Å². The van der Waals surface area contributed by atoms with Crippen molar-refractivity contribution in [3.63, 3.8) is 0 Å². The summed E-state index contributed by atoms with van der Waals surface area (Å²) in [6.07, 6.45) is 0. The molecule has 0 atom stereocenters. The van der Waals surface area contributed by atoms with E-state index in [1.165, 1.54) is 18.2 Å². The number of rotatable bonds is 6. The SMILES string of the molecule is CC#CC(C)(C)Oc1cc(C(=O)OCCN2CCOCC2)ccc1F. The smallest absolute Gasteiger partial charge is 0.338 e. The van der Waals surface area contributed by atoms with Gasteiger partial charge in [-0.25, -0.2) is 9.18 Å². The van der Waals surface area contributed by atoms with Gasteiger partial charge < -0.3 is 14.2 Å². The summed E-state index contributed by atoms with van der Waals surface area (Å²) in [7, 11) is 0. The van der Waals surface area contributed by atoms with Crippen molar-refractivity contribution < 1.29 is 23.4 Å². The number of halogens is 1. The zero-order valence-corrected chi connectivity index (χ0v) is 14.9. The van der Waals surface area contributed by atoms with Gasteiger partial charge >= 0.3 is 5.97 Å². The molecule has 0 unspecified atom stereocenters. The fourth-order valence-corrected chi connectivity index (χ4v) is 2.49. The molecule has 1 fully saturated rings. The fraction of sp³-hybridized carbons (Fsp3) is 0.526. The summed E-state index contributed by atoms with van der Waals surface area (Å²) < 4.78 is 30.1. The molecule has 1 aliphatic heterocycles. The molecular weight excluding hydrogens is 325 g/mol. The van der Waals surface area contributed by atoms with E-state index < -0.39 is 17.4 Å². The van der Waals surface area contributed by atoms with Crippen LogP contribution in [0.2, 0.25) is 0 Å². The molecule has 0 aliphatic carbocycles. The molecule has 0 aromatic heterocycles. The minimum absolute atomic E-state index is 0.0182.